The van der Waals surface area contributed by atoms with E-state index < -0.39 is 5.97 Å². The first-order chi connectivity index (χ1) is 10.5. The first kappa shape index (κ1) is 14.6. The Morgan fingerprint density at radius 2 is 2.14 bits per heavy atom. The van der Waals surface area contributed by atoms with Crippen molar-refractivity contribution in [2.24, 2.45) is 0 Å². The molecule has 3 rings (SSSR count). The molecule has 0 aliphatic rings. The average Bonchev–Trinajstić information content (AvgIpc) is 2.81. The number of nitrogens with one attached hydrogen (secondary N) is 1. The molecule has 0 bridgehead atoms. The van der Waals surface area contributed by atoms with E-state index in [1.54, 1.807) is 31.5 Å². The fourth-order valence-electron chi connectivity index (χ4n) is 2.27. The van der Waals surface area contributed by atoms with Crippen molar-refractivity contribution >= 4 is 39.7 Å². The van der Waals surface area contributed by atoms with Crippen LogP contribution in [0.15, 0.2) is 29.3 Å². The number of aryl methyl sites for hydroxylation is 1. The predicted molar refractivity (Wildman–Crippen MR) is 86.3 cm³/mol. The molecule has 0 aromatic carbocycles. The van der Waals surface area contributed by atoms with E-state index >= 15 is 0 Å². The molecule has 0 aliphatic heterocycles. The summed E-state index contributed by atoms with van der Waals surface area (Å²) in [6.07, 6.45) is 3.29. The van der Waals surface area contributed by atoms with Gasteiger partial charge in [-0.25, -0.2) is 4.79 Å². The summed E-state index contributed by atoms with van der Waals surface area (Å²) in [4.78, 5) is 31.4. The van der Waals surface area contributed by atoms with E-state index in [1.165, 1.54) is 4.57 Å². The molecule has 8 heteroatoms. The molecule has 0 saturated carbocycles. The first-order valence-electron chi connectivity index (χ1n) is 6.37. The van der Waals surface area contributed by atoms with E-state index in [-0.39, 0.29) is 15.2 Å². The number of nitrogens with zero attached hydrogens (tertiary/aromatic N) is 2. The van der Waals surface area contributed by atoms with E-state index in [9.17, 15) is 14.7 Å². The lowest BCUT2D eigenvalue weighted by Crippen LogP contribution is -2.22. The van der Waals surface area contributed by atoms with Crippen LogP contribution in [0.4, 0.5) is 0 Å². The van der Waals surface area contributed by atoms with Gasteiger partial charge in [0, 0.05) is 12.4 Å². The van der Waals surface area contributed by atoms with Crippen LogP contribution in [0.5, 0.6) is 0 Å². The lowest BCUT2D eigenvalue weighted by Gasteiger charge is -2.06. The van der Waals surface area contributed by atoms with Crippen molar-refractivity contribution < 1.29 is 9.90 Å². The summed E-state index contributed by atoms with van der Waals surface area (Å²) in [6.45, 7) is 1.95. The first-order valence-corrected chi connectivity index (χ1v) is 7.60. The summed E-state index contributed by atoms with van der Waals surface area (Å²) in [5.41, 5.74) is 1.08. The molecule has 112 valence electrons. The molecule has 6 nitrogen and oxygen atoms in total. The van der Waals surface area contributed by atoms with Crippen molar-refractivity contribution in [3.63, 3.8) is 0 Å². The van der Waals surface area contributed by atoms with Gasteiger partial charge >= 0.3 is 5.97 Å². The van der Waals surface area contributed by atoms with Crippen LogP contribution in [-0.2, 0) is 6.54 Å². The van der Waals surface area contributed by atoms with Crippen LogP contribution >= 0.6 is 23.6 Å². The highest BCUT2D eigenvalue weighted by Gasteiger charge is 2.18. The van der Waals surface area contributed by atoms with Crippen LogP contribution in [0.25, 0.3) is 10.2 Å². The molecule has 0 saturated heterocycles. The molecule has 0 amide bonds. The molecule has 3 aromatic rings. The van der Waals surface area contributed by atoms with Crippen molar-refractivity contribution in [2.75, 3.05) is 0 Å². The molecule has 0 fully saturated rings. The zero-order valence-electron chi connectivity index (χ0n) is 11.5. The molecule has 0 radical (unpaired) electrons. The van der Waals surface area contributed by atoms with Gasteiger partial charge in [0.2, 0.25) is 0 Å². The molecule has 22 heavy (non-hydrogen) atoms. The summed E-state index contributed by atoms with van der Waals surface area (Å²) in [6, 6.07) is 3.60. The second-order valence-corrected chi connectivity index (χ2v) is 6.15. The SMILES string of the molecule is Cc1c(C(=O)O)sc2[nH]c(=S)n(Cc3ccncc3)c(=O)c12. The summed E-state index contributed by atoms with van der Waals surface area (Å²) in [5, 5.41) is 9.57. The number of carboxylic acid groups (broad SMARTS) is 1. The summed E-state index contributed by atoms with van der Waals surface area (Å²) < 4.78 is 1.70. The van der Waals surface area contributed by atoms with Gasteiger partial charge in [-0.05, 0) is 42.4 Å². The Morgan fingerprint density at radius 3 is 2.77 bits per heavy atom. The zero-order chi connectivity index (χ0) is 15.9. The van der Waals surface area contributed by atoms with E-state index in [1.807, 2.05) is 0 Å². The van der Waals surface area contributed by atoms with Crippen LogP contribution in [0, 0.1) is 11.7 Å². The third kappa shape index (κ3) is 2.36. The Kier molecular flexibility index (Phi) is 3.63. The maximum Gasteiger partial charge on any atom is 0.346 e. The highest BCUT2D eigenvalue weighted by atomic mass is 32.1. The minimum absolute atomic E-state index is 0.152. The number of hydrogen-bond donors (Lipinski definition) is 2. The van der Waals surface area contributed by atoms with Gasteiger partial charge < -0.3 is 10.1 Å². The van der Waals surface area contributed by atoms with Gasteiger partial charge in [-0.3, -0.25) is 14.3 Å². The molecular formula is C14H11N3O3S2. The summed E-state index contributed by atoms with van der Waals surface area (Å²) in [7, 11) is 0. The van der Waals surface area contributed by atoms with Crippen molar-refractivity contribution in [1.82, 2.24) is 14.5 Å². The van der Waals surface area contributed by atoms with Gasteiger partial charge in [0.15, 0.2) is 4.77 Å². The van der Waals surface area contributed by atoms with Gasteiger partial charge in [0.1, 0.15) is 9.71 Å². The van der Waals surface area contributed by atoms with Crippen molar-refractivity contribution in [1.29, 1.82) is 0 Å². The number of H-pyrrole nitrogens is 1. The van der Waals surface area contributed by atoms with Crippen LogP contribution < -0.4 is 5.56 Å². The Bertz CT molecular complexity index is 986. The van der Waals surface area contributed by atoms with E-state index in [2.05, 4.69) is 9.97 Å². The molecule has 3 aromatic heterocycles. The smallest absolute Gasteiger partial charge is 0.346 e. The fourth-order valence-corrected chi connectivity index (χ4v) is 3.62. The number of thiophene rings is 1. The average molecular weight is 333 g/mol. The fraction of sp³-hybridized carbons (Fsp3) is 0.143. The summed E-state index contributed by atoms with van der Waals surface area (Å²) in [5.74, 6) is -1.04. The van der Waals surface area contributed by atoms with Gasteiger partial charge in [0.25, 0.3) is 5.56 Å². The maximum atomic E-state index is 12.7. The van der Waals surface area contributed by atoms with Gasteiger partial charge in [-0.15, -0.1) is 11.3 Å². The van der Waals surface area contributed by atoms with Crippen molar-refractivity contribution in [3.05, 3.63) is 55.7 Å². The lowest BCUT2D eigenvalue weighted by molar-refractivity contribution is 0.0701. The Hall–Kier alpha value is -2.32. The molecular weight excluding hydrogens is 322 g/mol. The summed E-state index contributed by atoms with van der Waals surface area (Å²) >= 11 is 6.27. The number of aromatic amines is 1. The quantitative estimate of drug-likeness (QED) is 0.719. The molecule has 0 aliphatic carbocycles. The Morgan fingerprint density at radius 1 is 1.45 bits per heavy atom. The normalized spacial score (nSPS) is 11.0. The number of rotatable bonds is 3. The second kappa shape index (κ2) is 5.47. The minimum Gasteiger partial charge on any atom is -0.477 e. The second-order valence-electron chi connectivity index (χ2n) is 4.74. The number of hydrogen-bond acceptors (Lipinski definition) is 5. The number of aromatic nitrogens is 3. The number of aromatic carboxylic acids is 1. The van der Waals surface area contributed by atoms with Gasteiger partial charge in [0.05, 0.1) is 11.9 Å². The highest BCUT2D eigenvalue weighted by molar-refractivity contribution is 7.71. The zero-order valence-corrected chi connectivity index (χ0v) is 13.1. The Balaban J connectivity index is 2.24. The molecule has 2 N–H and O–H groups in total. The van der Waals surface area contributed by atoms with Crippen LogP contribution in [0.1, 0.15) is 20.8 Å². The standard InChI is InChI=1S/C14H11N3O3S2/c1-7-9-11(22-10(7)13(19)20)16-14(21)17(12(9)18)6-8-2-4-15-5-3-8/h2-5H,6H2,1H3,(H,16,21)(H,19,20). The van der Waals surface area contributed by atoms with Crippen molar-refractivity contribution in [3.8, 4) is 0 Å². The topological polar surface area (TPSA) is 88.0 Å². The van der Waals surface area contributed by atoms with Crippen LogP contribution in [0.3, 0.4) is 0 Å². The van der Waals surface area contributed by atoms with E-state index in [4.69, 9.17) is 12.2 Å². The van der Waals surface area contributed by atoms with Crippen LogP contribution in [-0.4, -0.2) is 25.6 Å². The number of fused-ring (bicyclic) bond motifs is 1. The lowest BCUT2D eigenvalue weighted by atomic mass is 10.2. The highest BCUT2D eigenvalue weighted by Crippen LogP contribution is 2.26. The van der Waals surface area contributed by atoms with Gasteiger partial charge in [-0.2, -0.15) is 0 Å². The van der Waals surface area contributed by atoms with E-state index in [0.717, 1.165) is 16.9 Å². The number of pyridine rings is 1. The molecule has 0 atom stereocenters. The number of carboxylic acids is 1. The molecule has 3 heterocycles. The Labute approximate surface area is 133 Å². The maximum absolute atomic E-state index is 12.7. The van der Waals surface area contributed by atoms with Crippen LogP contribution in [0.2, 0.25) is 0 Å². The van der Waals surface area contributed by atoms with Crippen molar-refractivity contribution in [2.45, 2.75) is 13.5 Å². The third-order valence-electron chi connectivity index (χ3n) is 3.36. The van der Waals surface area contributed by atoms with Gasteiger partial charge in [-0.1, -0.05) is 0 Å². The minimum atomic E-state index is -1.04. The predicted octanol–water partition coefficient (Wildman–Crippen LogP) is 2.57. The monoisotopic (exact) mass is 333 g/mol. The third-order valence-corrected chi connectivity index (χ3v) is 4.87. The molecule has 0 spiro atoms. The number of carbonyl (C=O) groups is 1. The van der Waals surface area contributed by atoms with E-state index in [0.29, 0.717) is 22.3 Å². The largest absolute Gasteiger partial charge is 0.477 e. The molecule has 0 unspecified atom stereocenters.